The number of nitrogens with zero attached hydrogens (tertiary/aromatic N) is 2. The maximum Gasteiger partial charge on any atom is 0.257 e. The van der Waals surface area contributed by atoms with Crippen molar-refractivity contribution in [2.24, 2.45) is 0 Å². The lowest BCUT2D eigenvalue weighted by atomic mass is 9.98. The smallest absolute Gasteiger partial charge is 0.257 e. The lowest BCUT2D eigenvalue weighted by Crippen LogP contribution is -2.12. The number of aromatic nitrogens is 2. The molecule has 0 aliphatic rings. The summed E-state index contributed by atoms with van der Waals surface area (Å²) in [6.07, 6.45) is 4.18. The van der Waals surface area contributed by atoms with Crippen molar-refractivity contribution in [1.82, 2.24) is 9.97 Å². The molecule has 0 radical (unpaired) electrons. The van der Waals surface area contributed by atoms with Crippen LogP contribution in [0.1, 0.15) is 42.1 Å². The number of rotatable bonds is 5. The van der Waals surface area contributed by atoms with Crippen LogP contribution in [0.15, 0.2) is 65.3 Å². The molecule has 1 unspecified atom stereocenters. The van der Waals surface area contributed by atoms with Gasteiger partial charge in [0.1, 0.15) is 5.52 Å². The number of hydrogen-bond donors (Lipinski definition) is 1. The molecule has 1 amide bonds. The standard InChI is InChI=1S/C23H20ClN3O2/c1-3-14(2)15-7-9-21-20(11-15)27-23(29-21)16-6-8-18(24)19(12-16)26-22(28)17-5-4-10-25-13-17/h4-14H,3H2,1-2H3,(H,26,28). The molecule has 0 bridgehead atoms. The van der Waals surface area contributed by atoms with Crippen LogP contribution in [0.3, 0.4) is 0 Å². The first kappa shape index (κ1) is 19.2. The average Bonchev–Trinajstić information content (AvgIpc) is 3.18. The Hall–Kier alpha value is -3.18. The number of hydrogen-bond acceptors (Lipinski definition) is 4. The highest BCUT2D eigenvalue weighted by Gasteiger charge is 2.14. The first-order valence-corrected chi connectivity index (χ1v) is 9.84. The number of pyridine rings is 1. The number of halogens is 1. The van der Waals surface area contributed by atoms with E-state index in [1.165, 1.54) is 11.8 Å². The molecule has 5 nitrogen and oxygen atoms in total. The first-order chi connectivity index (χ1) is 14.0. The fraction of sp³-hybridized carbons (Fsp3) is 0.174. The molecule has 146 valence electrons. The molecule has 1 atom stereocenters. The minimum atomic E-state index is -0.284. The quantitative estimate of drug-likeness (QED) is 0.422. The number of fused-ring (bicyclic) bond motifs is 1. The normalized spacial score (nSPS) is 12.1. The predicted octanol–water partition coefficient (Wildman–Crippen LogP) is 6.31. The number of benzene rings is 2. The summed E-state index contributed by atoms with van der Waals surface area (Å²) in [5.74, 6) is 0.659. The van der Waals surface area contributed by atoms with E-state index in [2.05, 4.69) is 41.3 Å². The highest BCUT2D eigenvalue weighted by Crippen LogP contribution is 2.32. The highest BCUT2D eigenvalue weighted by molar-refractivity contribution is 6.34. The molecule has 0 aliphatic carbocycles. The van der Waals surface area contributed by atoms with Crippen molar-refractivity contribution in [3.63, 3.8) is 0 Å². The van der Waals surface area contributed by atoms with Crippen molar-refractivity contribution in [3.8, 4) is 11.5 Å². The summed E-state index contributed by atoms with van der Waals surface area (Å²) in [4.78, 5) is 21.0. The molecule has 0 spiro atoms. The zero-order valence-corrected chi connectivity index (χ0v) is 16.9. The summed E-state index contributed by atoms with van der Waals surface area (Å²) in [5, 5.41) is 3.25. The van der Waals surface area contributed by atoms with Crippen LogP contribution in [0.5, 0.6) is 0 Å². The van der Waals surface area contributed by atoms with Crippen molar-refractivity contribution < 1.29 is 9.21 Å². The maximum absolute atomic E-state index is 12.4. The van der Waals surface area contributed by atoms with Gasteiger partial charge in [0.15, 0.2) is 5.58 Å². The van der Waals surface area contributed by atoms with Crippen molar-refractivity contribution in [2.45, 2.75) is 26.2 Å². The van der Waals surface area contributed by atoms with E-state index in [-0.39, 0.29) is 5.91 Å². The van der Waals surface area contributed by atoms with Crippen molar-refractivity contribution in [3.05, 3.63) is 77.1 Å². The van der Waals surface area contributed by atoms with Crippen molar-refractivity contribution >= 4 is 34.3 Å². The molecule has 0 fully saturated rings. The van der Waals surface area contributed by atoms with E-state index in [0.29, 0.717) is 28.1 Å². The summed E-state index contributed by atoms with van der Waals surface area (Å²) in [6, 6.07) is 14.8. The molecule has 2 aromatic heterocycles. The topological polar surface area (TPSA) is 68.0 Å². The van der Waals surface area contributed by atoms with E-state index in [4.69, 9.17) is 16.0 Å². The summed E-state index contributed by atoms with van der Waals surface area (Å²) in [7, 11) is 0. The molecular weight excluding hydrogens is 386 g/mol. The second-order valence-electron chi connectivity index (χ2n) is 6.95. The van der Waals surface area contributed by atoms with E-state index >= 15 is 0 Å². The third-order valence-electron chi connectivity index (χ3n) is 4.98. The highest BCUT2D eigenvalue weighted by atomic mass is 35.5. The number of nitrogens with one attached hydrogen (secondary N) is 1. The molecule has 1 N–H and O–H groups in total. The molecule has 6 heteroatoms. The van der Waals surface area contributed by atoms with Gasteiger partial charge in [-0.1, -0.05) is 31.5 Å². The summed E-state index contributed by atoms with van der Waals surface area (Å²) in [6.45, 7) is 4.36. The zero-order chi connectivity index (χ0) is 20.4. The zero-order valence-electron chi connectivity index (χ0n) is 16.1. The van der Waals surface area contributed by atoms with Gasteiger partial charge in [-0.05, 0) is 60.4 Å². The fourth-order valence-electron chi connectivity index (χ4n) is 3.06. The number of amides is 1. The molecule has 0 saturated heterocycles. The van der Waals surface area contributed by atoms with Gasteiger partial charge in [0, 0.05) is 18.0 Å². The summed E-state index contributed by atoms with van der Waals surface area (Å²) >= 11 is 6.28. The maximum atomic E-state index is 12.4. The van der Waals surface area contributed by atoms with Gasteiger partial charge >= 0.3 is 0 Å². The Morgan fingerprint density at radius 2 is 2.07 bits per heavy atom. The van der Waals surface area contributed by atoms with Crippen LogP contribution >= 0.6 is 11.6 Å². The van der Waals surface area contributed by atoms with Gasteiger partial charge in [-0.15, -0.1) is 0 Å². The number of anilines is 1. The lowest BCUT2D eigenvalue weighted by Gasteiger charge is -2.08. The van der Waals surface area contributed by atoms with Crippen LogP contribution in [-0.2, 0) is 0 Å². The Morgan fingerprint density at radius 1 is 1.21 bits per heavy atom. The SMILES string of the molecule is CCC(C)c1ccc2oc(-c3ccc(Cl)c(NC(=O)c4cccnc4)c3)nc2c1. The van der Waals surface area contributed by atoms with Crippen LogP contribution in [0, 0.1) is 0 Å². The Morgan fingerprint density at radius 3 is 2.83 bits per heavy atom. The average molecular weight is 406 g/mol. The van der Waals surface area contributed by atoms with E-state index in [1.54, 1.807) is 30.5 Å². The van der Waals surface area contributed by atoms with Crippen molar-refractivity contribution in [1.29, 1.82) is 0 Å². The molecule has 4 rings (SSSR count). The molecule has 0 saturated carbocycles. The van der Waals surface area contributed by atoms with Gasteiger partial charge in [-0.3, -0.25) is 9.78 Å². The van der Waals surface area contributed by atoms with Crippen LogP contribution in [-0.4, -0.2) is 15.9 Å². The van der Waals surface area contributed by atoms with Gasteiger partial charge in [0.05, 0.1) is 16.3 Å². The third-order valence-corrected chi connectivity index (χ3v) is 5.31. The summed E-state index contributed by atoms with van der Waals surface area (Å²) in [5.41, 5.74) is 4.45. The molecular formula is C23H20ClN3O2. The lowest BCUT2D eigenvalue weighted by molar-refractivity contribution is 0.102. The molecule has 4 aromatic rings. The largest absolute Gasteiger partial charge is 0.436 e. The van der Waals surface area contributed by atoms with Crippen LogP contribution in [0.4, 0.5) is 5.69 Å². The van der Waals surface area contributed by atoms with Gasteiger partial charge in [0.2, 0.25) is 5.89 Å². The Bertz CT molecular complexity index is 1170. The Balaban J connectivity index is 1.65. The molecule has 0 aliphatic heterocycles. The molecule has 2 heterocycles. The van der Waals surface area contributed by atoms with Gasteiger partial charge in [-0.25, -0.2) is 4.98 Å². The van der Waals surface area contributed by atoms with Gasteiger partial charge < -0.3 is 9.73 Å². The molecule has 2 aromatic carbocycles. The minimum absolute atomic E-state index is 0.284. The predicted molar refractivity (Wildman–Crippen MR) is 115 cm³/mol. The van der Waals surface area contributed by atoms with Gasteiger partial charge in [0.25, 0.3) is 5.91 Å². The molecule has 29 heavy (non-hydrogen) atoms. The number of carbonyl (C=O) groups excluding carboxylic acids is 1. The Kier molecular flexibility index (Phi) is 5.32. The van der Waals surface area contributed by atoms with Crippen molar-refractivity contribution in [2.75, 3.05) is 5.32 Å². The second kappa shape index (κ2) is 8.05. The first-order valence-electron chi connectivity index (χ1n) is 9.47. The minimum Gasteiger partial charge on any atom is -0.436 e. The Labute approximate surface area is 173 Å². The second-order valence-corrected chi connectivity index (χ2v) is 7.35. The number of carbonyl (C=O) groups is 1. The van der Waals surface area contributed by atoms with E-state index in [0.717, 1.165) is 23.1 Å². The van der Waals surface area contributed by atoms with Crippen LogP contribution in [0.25, 0.3) is 22.6 Å². The monoisotopic (exact) mass is 405 g/mol. The number of oxazole rings is 1. The van der Waals surface area contributed by atoms with Crippen LogP contribution in [0.2, 0.25) is 5.02 Å². The van der Waals surface area contributed by atoms with Gasteiger partial charge in [-0.2, -0.15) is 0 Å². The summed E-state index contributed by atoms with van der Waals surface area (Å²) < 4.78 is 5.93. The third kappa shape index (κ3) is 4.00. The van der Waals surface area contributed by atoms with E-state index in [1.807, 2.05) is 12.1 Å². The van der Waals surface area contributed by atoms with Crippen LogP contribution < -0.4 is 5.32 Å². The van der Waals surface area contributed by atoms with E-state index < -0.39 is 0 Å². The van der Waals surface area contributed by atoms with E-state index in [9.17, 15) is 4.79 Å². The fourth-order valence-corrected chi connectivity index (χ4v) is 3.22.